The van der Waals surface area contributed by atoms with Crippen molar-refractivity contribution in [1.29, 1.82) is 0 Å². The Balaban J connectivity index is 1.51. The van der Waals surface area contributed by atoms with Crippen LogP contribution in [0.15, 0.2) is 96.2 Å². The fourth-order valence-electron chi connectivity index (χ4n) is 4.00. The molecule has 1 aliphatic heterocycles. The molecule has 4 aromatic rings. The standard InChI is InChI=1S/C28H23ClN2O2/c1-19-25-15-23(32-2)12-13-27(25)31(17-21-8-10-22(29)11-9-21)18-26(19)28-30-16-24(33-28)14-20-6-4-3-5-7-20/h3-13,15-16,18H,1,14,17H2,2H3. The Morgan fingerprint density at radius 2 is 1.79 bits per heavy atom. The van der Waals surface area contributed by atoms with Crippen LogP contribution in [0.2, 0.25) is 5.02 Å². The number of allylic oxidation sites excluding steroid dienone is 2. The van der Waals surface area contributed by atoms with Crippen molar-refractivity contribution in [3.8, 4) is 5.75 Å². The van der Waals surface area contributed by atoms with Gasteiger partial charge in [0.05, 0.1) is 18.9 Å². The zero-order valence-electron chi connectivity index (χ0n) is 18.3. The molecule has 3 aromatic carbocycles. The number of rotatable bonds is 6. The highest BCUT2D eigenvalue weighted by atomic mass is 35.5. The fourth-order valence-corrected chi connectivity index (χ4v) is 4.12. The van der Waals surface area contributed by atoms with E-state index in [9.17, 15) is 0 Å². The topological polar surface area (TPSA) is 38.5 Å². The lowest BCUT2D eigenvalue weighted by Crippen LogP contribution is -2.21. The quantitative estimate of drug-likeness (QED) is 0.314. The van der Waals surface area contributed by atoms with Gasteiger partial charge in [-0.25, -0.2) is 4.98 Å². The zero-order chi connectivity index (χ0) is 22.8. The molecule has 0 saturated heterocycles. The number of fused-ring (bicyclic) bond motifs is 1. The van der Waals surface area contributed by atoms with Gasteiger partial charge in [-0.15, -0.1) is 0 Å². The van der Waals surface area contributed by atoms with Crippen LogP contribution >= 0.6 is 11.6 Å². The van der Waals surface area contributed by atoms with Crippen LogP contribution in [-0.2, 0) is 13.0 Å². The van der Waals surface area contributed by atoms with Crippen LogP contribution in [0.5, 0.6) is 5.75 Å². The summed E-state index contributed by atoms with van der Waals surface area (Å²) < 4.78 is 11.6. The minimum atomic E-state index is 0.556. The first kappa shape index (κ1) is 21.1. The van der Waals surface area contributed by atoms with Gasteiger partial charge in [-0.2, -0.15) is 0 Å². The summed E-state index contributed by atoms with van der Waals surface area (Å²) in [5, 5.41) is 0.720. The van der Waals surface area contributed by atoms with Gasteiger partial charge >= 0.3 is 0 Å². The van der Waals surface area contributed by atoms with Crippen LogP contribution in [0.25, 0.3) is 11.1 Å². The molecule has 1 aliphatic rings. The number of hydrogen-bond donors (Lipinski definition) is 0. The first-order chi connectivity index (χ1) is 16.1. The molecule has 164 valence electrons. The fraction of sp³-hybridized carbons (Fsp3) is 0.107. The molecule has 0 saturated carbocycles. The van der Waals surface area contributed by atoms with Gasteiger partial charge in [0, 0.05) is 35.4 Å². The van der Waals surface area contributed by atoms with Crippen molar-refractivity contribution < 1.29 is 9.15 Å². The second kappa shape index (κ2) is 9.00. The van der Waals surface area contributed by atoms with Gasteiger partial charge in [0.2, 0.25) is 5.89 Å². The molecule has 0 spiro atoms. The molecule has 0 N–H and O–H groups in total. The highest BCUT2D eigenvalue weighted by Gasteiger charge is 2.25. The Hall–Kier alpha value is -3.76. The molecule has 0 radical (unpaired) electrons. The second-order valence-electron chi connectivity index (χ2n) is 7.95. The molecule has 2 heterocycles. The SMILES string of the molecule is C=C1C(c2ncc(Cc3ccccc3)o2)=CN(Cc2ccc(Cl)cc2)c2ccc(OC)cc21. The average molecular weight is 455 g/mol. The number of hydrogen-bond acceptors (Lipinski definition) is 4. The van der Waals surface area contributed by atoms with E-state index in [4.69, 9.17) is 20.8 Å². The van der Waals surface area contributed by atoms with Crippen molar-refractivity contribution in [3.05, 3.63) is 125 Å². The highest BCUT2D eigenvalue weighted by molar-refractivity contribution is 6.30. The summed E-state index contributed by atoms with van der Waals surface area (Å²) >= 11 is 6.08. The molecule has 5 rings (SSSR count). The summed E-state index contributed by atoms with van der Waals surface area (Å²) in [6, 6.07) is 24.1. The molecule has 1 aromatic heterocycles. The monoisotopic (exact) mass is 454 g/mol. The Bertz CT molecular complexity index is 1320. The third-order valence-corrected chi connectivity index (χ3v) is 5.97. The van der Waals surface area contributed by atoms with Gasteiger partial charge in [0.1, 0.15) is 11.5 Å². The highest BCUT2D eigenvalue weighted by Crippen LogP contribution is 2.42. The Kier molecular flexibility index (Phi) is 5.76. The maximum Gasteiger partial charge on any atom is 0.228 e. The minimum Gasteiger partial charge on any atom is -0.497 e. The number of nitrogens with zero attached hydrogens (tertiary/aromatic N) is 2. The van der Waals surface area contributed by atoms with E-state index in [1.807, 2.05) is 54.6 Å². The number of benzene rings is 3. The molecule has 0 fully saturated rings. The lowest BCUT2D eigenvalue weighted by atomic mass is 9.94. The number of methoxy groups -OCH3 is 1. The number of aromatic nitrogens is 1. The van der Waals surface area contributed by atoms with E-state index in [2.05, 4.69) is 40.9 Å². The zero-order valence-corrected chi connectivity index (χ0v) is 19.0. The van der Waals surface area contributed by atoms with Crippen molar-refractivity contribution in [2.45, 2.75) is 13.0 Å². The van der Waals surface area contributed by atoms with E-state index in [0.717, 1.165) is 44.5 Å². The smallest absolute Gasteiger partial charge is 0.228 e. The predicted octanol–water partition coefficient (Wildman–Crippen LogP) is 7.00. The van der Waals surface area contributed by atoms with Crippen LogP contribution in [0.4, 0.5) is 5.69 Å². The predicted molar refractivity (Wildman–Crippen MR) is 133 cm³/mol. The van der Waals surface area contributed by atoms with E-state index >= 15 is 0 Å². The van der Waals surface area contributed by atoms with Crippen LogP contribution in [0, 0.1) is 0 Å². The van der Waals surface area contributed by atoms with E-state index < -0.39 is 0 Å². The number of ether oxygens (including phenoxy) is 1. The molecule has 33 heavy (non-hydrogen) atoms. The third-order valence-electron chi connectivity index (χ3n) is 5.72. The number of halogens is 1. The average Bonchev–Trinajstić information content (AvgIpc) is 3.30. The molecule has 5 heteroatoms. The van der Waals surface area contributed by atoms with Gasteiger partial charge in [-0.3, -0.25) is 0 Å². The van der Waals surface area contributed by atoms with Gasteiger partial charge in [0.15, 0.2) is 0 Å². The van der Waals surface area contributed by atoms with Gasteiger partial charge < -0.3 is 14.1 Å². The molecular formula is C28H23ClN2O2. The first-order valence-corrected chi connectivity index (χ1v) is 11.1. The van der Waals surface area contributed by atoms with Crippen LogP contribution < -0.4 is 9.64 Å². The number of oxazole rings is 1. The molecule has 4 nitrogen and oxygen atoms in total. The largest absolute Gasteiger partial charge is 0.497 e. The summed E-state index contributed by atoms with van der Waals surface area (Å²) in [6.07, 6.45) is 4.54. The third kappa shape index (κ3) is 4.43. The minimum absolute atomic E-state index is 0.556. The van der Waals surface area contributed by atoms with Gasteiger partial charge in [-0.05, 0) is 47.0 Å². The molecule has 0 aliphatic carbocycles. The van der Waals surface area contributed by atoms with Crippen molar-refractivity contribution in [3.63, 3.8) is 0 Å². The van der Waals surface area contributed by atoms with Gasteiger partial charge in [-0.1, -0.05) is 60.6 Å². The Labute approximate surface area is 198 Å². The van der Waals surface area contributed by atoms with Crippen molar-refractivity contribution in [2.75, 3.05) is 12.0 Å². The lowest BCUT2D eigenvalue weighted by molar-refractivity contribution is 0.414. The maximum atomic E-state index is 6.17. The van der Waals surface area contributed by atoms with E-state index in [0.29, 0.717) is 18.9 Å². The molecule has 0 atom stereocenters. The van der Waals surface area contributed by atoms with Crippen molar-refractivity contribution >= 4 is 28.4 Å². The second-order valence-corrected chi connectivity index (χ2v) is 8.39. The van der Waals surface area contributed by atoms with Crippen LogP contribution in [0.3, 0.4) is 0 Å². The Morgan fingerprint density at radius 1 is 1.00 bits per heavy atom. The molecule has 0 bridgehead atoms. The summed E-state index contributed by atoms with van der Waals surface area (Å²) in [5.74, 6) is 2.14. The lowest BCUT2D eigenvalue weighted by Gasteiger charge is -2.30. The van der Waals surface area contributed by atoms with Crippen molar-refractivity contribution in [2.24, 2.45) is 0 Å². The van der Waals surface area contributed by atoms with Crippen LogP contribution in [-0.4, -0.2) is 12.1 Å². The summed E-state index contributed by atoms with van der Waals surface area (Å²) in [4.78, 5) is 6.77. The Morgan fingerprint density at radius 3 is 2.55 bits per heavy atom. The normalized spacial score (nSPS) is 13.0. The van der Waals surface area contributed by atoms with Gasteiger partial charge in [0.25, 0.3) is 0 Å². The number of anilines is 1. The van der Waals surface area contributed by atoms with E-state index in [1.165, 1.54) is 5.56 Å². The molecule has 0 amide bonds. The maximum absolute atomic E-state index is 6.17. The summed E-state index contributed by atoms with van der Waals surface area (Å²) in [7, 11) is 1.67. The van der Waals surface area contributed by atoms with E-state index in [-0.39, 0.29) is 0 Å². The first-order valence-electron chi connectivity index (χ1n) is 10.7. The molecule has 0 unspecified atom stereocenters. The summed E-state index contributed by atoms with van der Waals surface area (Å²) in [6.45, 7) is 5.04. The van der Waals surface area contributed by atoms with Crippen LogP contribution in [0.1, 0.15) is 28.3 Å². The van der Waals surface area contributed by atoms with E-state index in [1.54, 1.807) is 13.3 Å². The van der Waals surface area contributed by atoms with Crippen molar-refractivity contribution in [1.82, 2.24) is 4.98 Å². The molecular weight excluding hydrogens is 432 g/mol. The summed E-state index contributed by atoms with van der Waals surface area (Å²) in [5.41, 5.74) is 6.06.